The van der Waals surface area contributed by atoms with Crippen LogP contribution in [0.15, 0.2) is 48.5 Å². The highest BCUT2D eigenvalue weighted by atomic mass is 35.5. The predicted octanol–water partition coefficient (Wildman–Crippen LogP) is 4.44. The first-order valence-electron chi connectivity index (χ1n) is 9.38. The van der Waals surface area contributed by atoms with Crippen LogP contribution in [0.25, 0.3) is 6.08 Å². The Morgan fingerprint density at radius 2 is 1.93 bits per heavy atom. The molecule has 1 aliphatic rings. The summed E-state index contributed by atoms with van der Waals surface area (Å²) in [4.78, 5) is 17.1. The molecule has 0 radical (unpaired) electrons. The number of piperazine rings is 1. The van der Waals surface area contributed by atoms with E-state index in [0.29, 0.717) is 5.02 Å². The minimum atomic E-state index is -0.151. The summed E-state index contributed by atoms with van der Waals surface area (Å²) >= 11 is 5.96. The van der Waals surface area contributed by atoms with Crippen LogP contribution in [0.5, 0.6) is 0 Å². The monoisotopic (exact) mass is 383 g/mol. The molecule has 142 valence electrons. The lowest BCUT2D eigenvalue weighted by atomic mass is 10.1. The minimum Gasteiger partial charge on any atom is -0.369 e. The number of anilines is 2. The molecule has 27 heavy (non-hydrogen) atoms. The number of rotatable bonds is 5. The summed E-state index contributed by atoms with van der Waals surface area (Å²) in [5.74, 6) is -0.151. The van der Waals surface area contributed by atoms with Crippen LogP contribution in [0.4, 0.5) is 11.4 Å². The van der Waals surface area contributed by atoms with Gasteiger partial charge in [-0.1, -0.05) is 30.7 Å². The Morgan fingerprint density at radius 3 is 2.59 bits per heavy atom. The molecule has 1 heterocycles. The standard InChI is InChI=1S/C22H26ClN3O/c1-3-25-11-13-26(14-12-25)20-8-9-21(17(2)15-20)24-22(27)10-7-18-5-4-6-19(23)16-18/h4-10,15-16H,3,11-14H2,1-2H3,(H,24,27)/b10-7+. The Kier molecular flexibility index (Phi) is 6.54. The van der Waals surface area contributed by atoms with Gasteiger partial charge in [0.15, 0.2) is 0 Å². The summed E-state index contributed by atoms with van der Waals surface area (Å²) in [6, 6.07) is 13.6. The first-order valence-corrected chi connectivity index (χ1v) is 9.75. The summed E-state index contributed by atoms with van der Waals surface area (Å²) < 4.78 is 0. The highest BCUT2D eigenvalue weighted by Crippen LogP contribution is 2.24. The summed E-state index contributed by atoms with van der Waals surface area (Å²) in [5.41, 5.74) is 4.02. The summed E-state index contributed by atoms with van der Waals surface area (Å²) in [5, 5.41) is 3.61. The average Bonchev–Trinajstić information content (AvgIpc) is 2.68. The van der Waals surface area contributed by atoms with Gasteiger partial charge in [0, 0.05) is 48.7 Å². The highest BCUT2D eigenvalue weighted by molar-refractivity contribution is 6.30. The highest BCUT2D eigenvalue weighted by Gasteiger charge is 2.16. The smallest absolute Gasteiger partial charge is 0.248 e. The third-order valence-electron chi connectivity index (χ3n) is 4.93. The number of hydrogen-bond acceptors (Lipinski definition) is 3. The normalized spacial score (nSPS) is 15.3. The van der Waals surface area contributed by atoms with Crippen molar-refractivity contribution in [2.24, 2.45) is 0 Å². The van der Waals surface area contributed by atoms with E-state index in [1.54, 1.807) is 6.08 Å². The lowest BCUT2D eigenvalue weighted by Crippen LogP contribution is -2.46. The molecule has 0 saturated carbocycles. The van der Waals surface area contributed by atoms with Gasteiger partial charge in [-0.25, -0.2) is 0 Å². The quantitative estimate of drug-likeness (QED) is 0.775. The minimum absolute atomic E-state index is 0.151. The van der Waals surface area contributed by atoms with Gasteiger partial charge in [-0.3, -0.25) is 4.79 Å². The van der Waals surface area contributed by atoms with Gasteiger partial charge in [0.2, 0.25) is 5.91 Å². The van der Waals surface area contributed by atoms with Gasteiger partial charge in [-0.15, -0.1) is 0 Å². The van der Waals surface area contributed by atoms with Crippen molar-refractivity contribution in [2.75, 3.05) is 42.9 Å². The van der Waals surface area contributed by atoms with Crippen molar-refractivity contribution >= 4 is 35.0 Å². The lowest BCUT2D eigenvalue weighted by Gasteiger charge is -2.35. The first-order chi connectivity index (χ1) is 13.0. The fourth-order valence-electron chi connectivity index (χ4n) is 3.26. The van der Waals surface area contributed by atoms with E-state index in [9.17, 15) is 4.79 Å². The van der Waals surface area contributed by atoms with E-state index in [0.717, 1.165) is 49.5 Å². The second-order valence-electron chi connectivity index (χ2n) is 6.80. The van der Waals surface area contributed by atoms with E-state index < -0.39 is 0 Å². The molecule has 2 aromatic carbocycles. The van der Waals surface area contributed by atoms with Gasteiger partial charge >= 0.3 is 0 Å². The molecule has 3 rings (SSSR count). The Morgan fingerprint density at radius 1 is 1.15 bits per heavy atom. The molecule has 0 aliphatic carbocycles. The van der Waals surface area contributed by atoms with Crippen molar-refractivity contribution in [1.82, 2.24) is 4.90 Å². The zero-order valence-corrected chi connectivity index (χ0v) is 16.7. The van der Waals surface area contributed by atoms with Crippen LogP contribution in [0, 0.1) is 6.92 Å². The second-order valence-corrected chi connectivity index (χ2v) is 7.23. The largest absolute Gasteiger partial charge is 0.369 e. The van der Waals surface area contributed by atoms with Gasteiger partial charge in [-0.2, -0.15) is 0 Å². The van der Waals surface area contributed by atoms with Crippen LogP contribution in [-0.4, -0.2) is 43.5 Å². The van der Waals surface area contributed by atoms with Crippen molar-refractivity contribution < 1.29 is 4.79 Å². The second kappa shape index (κ2) is 9.07. The van der Waals surface area contributed by atoms with Crippen LogP contribution in [0.2, 0.25) is 5.02 Å². The van der Waals surface area contributed by atoms with Crippen molar-refractivity contribution in [3.8, 4) is 0 Å². The first kappa shape index (κ1) is 19.5. The fourth-order valence-corrected chi connectivity index (χ4v) is 3.46. The predicted molar refractivity (Wildman–Crippen MR) is 115 cm³/mol. The van der Waals surface area contributed by atoms with Crippen LogP contribution in [0.3, 0.4) is 0 Å². The number of nitrogens with one attached hydrogen (secondary N) is 1. The molecule has 1 fully saturated rings. The summed E-state index contributed by atoms with van der Waals surface area (Å²) in [6.45, 7) is 9.63. The van der Waals surface area contributed by atoms with Crippen molar-refractivity contribution in [3.63, 3.8) is 0 Å². The molecule has 4 nitrogen and oxygen atoms in total. The Labute approximate surface area is 166 Å². The van der Waals surface area contributed by atoms with Gasteiger partial charge in [0.1, 0.15) is 0 Å². The van der Waals surface area contributed by atoms with Gasteiger partial charge in [0.05, 0.1) is 0 Å². The maximum absolute atomic E-state index is 12.2. The molecular weight excluding hydrogens is 358 g/mol. The van der Waals surface area contributed by atoms with Crippen LogP contribution < -0.4 is 10.2 Å². The van der Waals surface area contributed by atoms with Crippen LogP contribution in [0.1, 0.15) is 18.1 Å². The van der Waals surface area contributed by atoms with E-state index in [-0.39, 0.29) is 5.91 Å². The van der Waals surface area contributed by atoms with Crippen molar-refractivity contribution in [1.29, 1.82) is 0 Å². The number of benzene rings is 2. The Balaban J connectivity index is 1.61. The number of likely N-dealkylation sites (N-methyl/N-ethyl adjacent to an activating group) is 1. The van der Waals surface area contributed by atoms with Crippen molar-refractivity contribution in [3.05, 3.63) is 64.7 Å². The molecule has 5 heteroatoms. The fraction of sp³-hybridized carbons (Fsp3) is 0.318. The van der Waals surface area contributed by atoms with E-state index >= 15 is 0 Å². The molecule has 0 bridgehead atoms. The summed E-state index contributed by atoms with van der Waals surface area (Å²) in [7, 11) is 0. The molecule has 1 saturated heterocycles. The molecule has 0 aromatic heterocycles. The lowest BCUT2D eigenvalue weighted by molar-refractivity contribution is -0.111. The maximum atomic E-state index is 12.2. The molecule has 1 N–H and O–H groups in total. The van der Waals surface area contributed by atoms with E-state index in [2.05, 4.69) is 34.2 Å². The topological polar surface area (TPSA) is 35.6 Å². The number of amides is 1. The maximum Gasteiger partial charge on any atom is 0.248 e. The summed E-state index contributed by atoms with van der Waals surface area (Å²) in [6.07, 6.45) is 3.29. The number of nitrogens with zero attached hydrogens (tertiary/aromatic N) is 2. The third kappa shape index (κ3) is 5.34. The molecule has 0 spiro atoms. The van der Waals surface area contributed by atoms with Gasteiger partial charge < -0.3 is 15.1 Å². The number of carbonyl (C=O) groups is 1. The number of carbonyl (C=O) groups excluding carboxylic acids is 1. The van der Waals surface area contributed by atoms with E-state index in [1.165, 1.54) is 11.8 Å². The zero-order chi connectivity index (χ0) is 19.2. The Bertz CT molecular complexity index is 826. The van der Waals surface area contributed by atoms with E-state index in [1.807, 2.05) is 37.3 Å². The molecule has 1 aliphatic heterocycles. The SMILES string of the molecule is CCN1CCN(c2ccc(NC(=O)/C=C/c3cccc(Cl)c3)c(C)c2)CC1. The van der Waals surface area contributed by atoms with Crippen LogP contribution in [-0.2, 0) is 4.79 Å². The number of aryl methyl sites for hydroxylation is 1. The molecule has 1 amide bonds. The van der Waals surface area contributed by atoms with Gasteiger partial charge in [-0.05, 0) is 61.0 Å². The van der Waals surface area contributed by atoms with E-state index in [4.69, 9.17) is 11.6 Å². The average molecular weight is 384 g/mol. The van der Waals surface area contributed by atoms with Crippen LogP contribution >= 0.6 is 11.6 Å². The molecule has 0 unspecified atom stereocenters. The molecule has 0 atom stereocenters. The molecule has 2 aromatic rings. The Hall–Kier alpha value is -2.30. The van der Waals surface area contributed by atoms with Gasteiger partial charge in [0.25, 0.3) is 0 Å². The molecular formula is C22H26ClN3O. The third-order valence-corrected chi connectivity index (χ3v) is 5.16. The number of hydrogen-bond donors (Lipinski definition) is 1. The van der Waals surface area contributed by atoms with Crippen molar-refractivity contribution in [2.45, 2.75) is 13.8 Å². The zero-order valence-electron chi connectivity index (χ0n) is 15.9. The number of halogens is 1.